The van der Waals surface area contributed by atoms with Gasteiger partial charge in [-0.1, -0.05) is 54.9 Å². The van der Waals surface area contributed by atoms with Gasteiger partial charge in [-0.15, -0.1) is 0 Å². The molecule has 1 unspecified atom stereocenters. The predicted molar refractivity (Wildman–Crippen MR) is 127 cm³/mol. The third kappa shape index (κ3) is 5.75. The minimum Gasteiger partial charge on any atom is -0.326 e. The number of amides is 2. The zero-order valence-corrected chi connectivity index (χ0v) is 19.2. The molecule has 0 saturated carbocycles. The van der Waals surface area contributed by atoms with Crippen molar-refractivity contribution in [3.05, 3.63) is 88.9 Å². The molecule has 2 amide bonds. The lowest BCUT2D eigenvalue weighted by Crippen LogP contribution is -2.20. The average Bonchev–Trinajstić information content (AvgIpc) is 2.76. The lowest BCUT2D eigenvalue weighted by atomic mass is 9.95. The fourth-order valence-corrected chi connectivity index (χ4v) is 4.14. The number of anilines is 2. The molecule has 166 valence electrons. The Kier molecular flexibility index (Phi) is 7.33. The largest absolute Gasteiger partial charge is 0.326 e. The second-order valence-corrected chi connectivity index (χ2v) is 9.73. The molecule has 0 radical (unpaired) electrons. The summed E-state index contributed by atoms with van der Waals surface area (Å²) in [7, 11) is -3.43. The molecule has 0 bridgehead atoms. The Morgan fingerprint density at radius 3 is 2.28 bits per heavy atom. The van der Waals surface area contributed by atoms with Crippen molar-refractivity contribution in [1.29, 1.82) is 0 Å². The standard InChI is InChI=1S/C24H23ClN2O4S/c1-3-20(16-8-5-4-6-9-16)24(29)26-18-12-13-22(21(25)15-18)27-23(28)17-10-7-11-19(14-17)32(2,30)31/h4-15,20H,3H2,1-2H3,(H,26,29)(H,27,28). The highest BCUT2D eigenvalue weighted by Crippen LogP contribution is 2.28. The molecule has 0 aliphatic carbocycles. The zero-order chi connectivity index (χ0) is 23.3. The van der Waals surface area contributed by atoms with Gasteiger partial charge in [0.15, 0.2) is 9.84 Å². The Labute approximate surface area is 192 Å². The van der Waals surface area contributed by atoms with Crippen LogP contribution in [0.25, 0.3) is 0 Å². The van der Waals surface area contributed by atoms with Crippen LogP contribution in [-0.4, -0.2) is 26.5 Å². The first-order valence-electron chi connectivity index (χ1n) is 9.96. The van der Waals surface area contributed by atoms with Crippen LogP contribution < -0.4 is 10.6 Å². The minimum atomic E-state index is -3.43. The summed E-state index contributed by atoms with van der Waals surface area (Å²) in [5.74, 6) is -0.940. The van der Waals surface area contributed by atoms with E-state index in [1.165, 1.54) is 24.3 Å². The molecule has 2 N–H and O–H groups in total. The summed E-state index contributed by atoms with van der Waals surface area (Å²) in [5, 5.41) is 5.77. The van der Waals surface area contributed by atoms with E-state index in [1.54, 1.807) is 18.2 Å². The van der Waals surface area contributed by atoms with Crippen molar-refractivity contribution in [1.82, 2.24) is 0 Å². The zero-order valence-electron chi connectivity index (χ0n) is 17.6. The molecule has 0 spiro atoms. The molecule has 0 saturated heterocycles. The van der Waals surface area contributed by atoms with Gasteiger partial charge < -0.3 is 10.6 Å². The van der Waals surface area contributed by atoms with Crippen molar-refractivity contribution in [2.45, 2.75) is 24.2 Å². The second-order valence-electron chi connectivity index (χ2n) is 7.31. The van der Waals surface area contributed by atoms with Crippen molar-refractivity contribution in [3.63, 3.8) is 0 Å². The molecule has 3 rings (SSSR count). The van der Waals surface area contributed by atoms with Gasteiger partial charge in [-0.25, -0.2) is 8.42 Å². The summed E-state index contributed by atoms with van der Waals surface area (Å²) in [5.41, 5.74) is 1.97. The Balaban J connectivity index is 1.73. The molecule has 8 heteroatoms. The van der Waals surface area contributed by atoms with E-state index in [0.29, 0.717) is 17.8 Å². The topological polar surface area (TPSA) is 92.3 Å². The summed E-state index contributed by atoms with van der Waals surface area (Å²) < 4.78 is 23.4. The van der Waals surface area contributed by atoms with Crippen molar-refractivity contribution < 1.29 is 18.0 Å². The monoisotopic (exact) mass is 470 g/mol. The molecule has 0 heterocycles. The maximum atomic E-state index is 12.7. The van der Waals surface area contributed by atoms with E-state index < -0.39 is 15.7 Å². The molecule has 32 heavy (non-hydrogen) atoms. The maximum absolute atomic E-state index is 12.7. The van der Waals surface area contributed by atoms with Crippen LogP contribution in [0.15, 0.2) is 77.7 Å². The number of hydrogen-bond donors (Lipinski definition) is 2. The average molecular weight is 471 g/mol. The van der Waals surface area contributed by atoms with E-state index in [4.69, 9.17) is 11.6 Å². The van der Waals surface area contributed by atoms with Crippen LogP contribution in [-0.2, 0) is 14.6 Å². The number of benzene rings is 3. The smallest absolute Gasteiger partial charge is 0.255 e. The summed E-state index contributed by atoms with van der Waals surface area (Å²) >= 11 is 6.32. The van der Waals surface area contributed by atoms with Crippen molar-refractivity contribution in [2.24, 2.45) is 0 Å². The van der Waals surface area contributed by atoms with Crippen LogP contribution >= 0.6 is 11.6 Å². The summed E-state index contributed by atoms with van der Waals surface area (Å²) in [6.07, 6.45) is 1.72. The Hall–Kier alpha value is -3.16. The van der Waals surface area contributed by atoms with Gasteiger partial charge in [0.1, 0.15) is 0 Å². The molecule has 0 fully saturated rings. The first-order chi connectivity index (χ1) is 15.2. The molecule has 6 nitrogen and oxygen atoms in total. The third-order valence-corrected chi connectivity index (χ3v) is 6.36. The summed E-state index contributed by atoms with van der Waals surface area (Å²) in [6, 6.07) is 20.1. The summed E-state index contributed by atoms with van der Waals surface area (Å²) in [6.45, 7) is 1.95. The number of hydrogen-bond acceptors (Lipinski definition) is 4. The van der Waals surface area contributed by atoms with Crippen molar-refractivity contribution >= 4 is 44.6 Å². The number of halogens is 1. The van der Waals surface area contributed by atoms with Gasteiger partial charge in [0.25, 0.3) is 5.91 Å². The van der Waals surface area contributed by atoms with Crippen LogP contribution in [0.3, 0.4) is 0 Å². The lowest BCUT2D eigenvalue weighted by Gasteiger charge is -2.16. The Morgan fingerprint density at radius 2 is 1.66 bits per heavy atom. The Morgan fingerprint density at radius 1 is 0.938 bits per heavy atom. The quantitative estimate of drug-likeness (QED) is 0.500. The van der Waals surface area contributed by atoms with Gasteiger partial charge in [0.05, 0.1) is 21.5 Å². The van der Waals surface area contributed by atoms with Crippen molar-refractivity contribution in [3.8, 4) is 0 Å². The highest BCUT2D eigenvalue weighted by atomic mass is 35.5. The minimum absolute atomic E-state index is 0.0539. The number of sulfone groups is 1. The van der Waals surface area contributed by atoms with Gasteiger partial charge >= 0.3 is 0 Å². The van der Waals surface area contributed by atoms with E-state index in [9.17, 15) is 18.0 Å². The molecule has 3 aromatic carbocycles. The Bertz CT molecular complexity index is 1240. The number of carbonyl (C=O) groups excluding carboxylic acids is 2. The molecule has 0 aliphatic rings. The molecule has 0 aliphatic heterocycles. The predicted octanol–water partition coefficient (Wildman–Crippen LogP) is 5.13. The van der Waals surface area contributed by atoms with Gasteiger partial charge in [0, 0.05) is 17.5 Å². The third-order valence-electron chi connectivity index (χ3n) is 4.94. The molecule has 0 aromatic heterocycles. The fourth-order valence-electron chi connectivity index (χ4n) is 3.24. The highest BCUT2D eigenvalue weighted by molar-refractivity contribution is 7.90. The van der Waals surface area contributed by atoms with Crippen LogP contribution in [0.1, 0.15) is 35.2 Å². The molecular formula is C24H23ClN2O4S. The molecule has 3 aromatic rings. The van der Waals surface area contributed by atoms with Crippen LogP contribution in [0, 0.1) is 0 Å². The molecule has 1 atom stereocenters. The lowest BCUT2D eigenvalue weighted by molar-refractivity contribution is -0.117. The number of nitrogens with one attached hydrogen (secondary N) is 2. The van der Waals surface area contributed by atoms with Gasteiger partial charge in [-0.2, -0.15) is 0 Å². The first kappa shape index (κ1) is 23.5. The fraction of sp³-hybridized carbons (Fsp3) is 0.167. The van der Waals surface area contributed by atoms with Crippen LogP contribution in [0.5, 0.6) is 0 Å². The van der Waals surface area contributed by atoms with Gasteiger partial charge in [0.2, 0.25) is 5.91 Å². The second kappa shape index (κ2) is 9.97. The number of carbonyl (C=O) groups is 2. The SMILES string of the molecule is CCC(C(=O)Nc1ccc(NC(=O)c2cccc(S(C)(=O)=O)c2)c(Cl)c1)c1ccccc1. The van der Waals surface area contributed by atoms with Gasteiger partial charge in [-0.3, -0.25) is 9.59 Å². The van der Waals surface area contributed by atoms with E-state index in [0.717, 1.165) is 11.8 Å². The van der Waals surface area contributed by atoms with E-state index in [2.05, 4.69) is 10.6 Å². The first-order valence-corrected chi connectivity index (χ1v) is 12.2. The van der Waals surface area contributed by atoms with Crippen LogP contribution in [0.4, 0.5) is 11.4 Å². The van der Waals surface area contributed by atoms with Crippen LogP contribution in [0.2, 0.25) is 5.02 Å². The van der Waals surface area contributed by atoms with E-state index >= 15 is 0 Å². The summed E-state index contributed by atoms with van der Waals surface area (Å²) in [4.78, 5) is 25.4. The van der Waals surface area contributed by atoms with E-state index in [-0.39, 0.29) is 27.3 Å². The van der Waals surface area contributed by atoms with E-state index in [1.807, 2.05) is 37.3 Å². The highest BCUT2D eigenvalue weighted by Gasteiger charge is 2.19. The maximum Gasteiger partial charge on any atom is 0.255 e. The van der Waals surface area contributed by atoms with Crippen molar-refractivity contribution in [2.75, 3.05) is 16.9 Å². The normalized spacial score (nSPS) is 12.1. The van der Waals surface area contributed by atoms with Gasteiger partial charge in [-0.05, 0) is 48.4 Å². The number of rotatable bonds is 7. The molecular weight excluding hydrogens is 448 g/mol.